The fraction of sp³-hybridized carbons (Fsp3) is 0.455. The number of Topliss-reactive ketones (excluding diaryl/α,β-unsaturated/α-hetero) is 2. The highest BCUT2D eigenvalue weighted by molar-refractivity contribution is 6.50. The van der Waals surface area contributed by atoms with Crippen LogP contribution >= 0.6 is 0 Å². The quantitative estimate of drug-likeness (QED) is 0.432. The summed E-state index contributed by atoms with van der Waals surface area (Å²) >= 11 is 0. The molecule has 0 unspecified atom stereocenters. The van der Waals surface area contributed by atoms with Crippen LogP contribution in [0.5, 0.6) is 0 Å². The van der Waals surface area contributed by atoms with Crippen LogP contribution in [0.2, 0.25) is 0 Å². The Kier molecular flexibility index (Phi) is 2.14. The standard InChI is InChI=1S/C11H13NO3/c1-6-8-11(15-5-4-12(8)3)7(2)10(14)9(6)13/h4-5H2,1-3H3. The molecule has 1 heterocycles. The first-order chi connectivity index (χ1) is 7.04. The summed E-state index contributed by atoms with van der Waals surface area (Å²) in [5.74, 6) is -0.281. The van der Waals surface area contributed by atoms with Crippen molar-refractivity contribution in [1.29, 1.82) is 0 Å². The smallest absolute Gasteiger partial charge is 0.232 e. The molecule has 2 aliphatic rings. The summed E-state index contributed by atoms with van der Waals surface area (Å²) in [4.78, 5) is 25.1. The molecular formula is C11H13NO3. The summed E-state index contributed by atoms with van der Waals surface area (Å²) in [6, 6.07) is 0. The van der Waals surface area contributed by atoms with Crippen LogP contribution < -0.4 is 0 Å². The number of fused-ring (bicyclic) bond motifs is 1. The number of ketones is 2. The maximum atomic E-state index is 11.6. The number of hydrogen-bond acceptors (Lipinski definition) is 4. The van der Waals surface area contributed by atoms with Gasteiger partial charge in [0.1, 0.15) is 12.4 Å². The number of ether oxygens (including phenoxy) is 1. The molecule has 1 fully saturated rings. The molecule has 0 aromatic carbocycles. The maximum Gasteiger partial charge on any atom is 0.232 e. The van der Waals surface area contributed by atoms with Gasteiger partial charge in [0.25, 0.3) is 0 Å². The van der Waals surface area contributed by atoms with Crippen LogP contribution in [0.4, 0.5) is 0 Å². The third kappa shape index (κ3) is 1.28. The minimum absolute atomic E-state index is 0.413. The third-order valence-electron chi connectivity index (χ3n) is 2.85. The molecule has 2 rings (SSSR count). The summed E-state index contributed by atoms with van der Waals surface area (Å²) < 4.78 is 5.46. The SMILES string of the molecule is CC1=C2OCCN(C)C2=C(C)C(=O)C1=O. The molecule has 1 aliphatic heterocycles. The molecular weight excluding hydrogens is 194 g/mol. The first-order valence-electron chi connectivity index (χ1n) is 4.89. The Hall–Kier alpha value is -1.58. The van der Waals surface area contributed by atoms with E-state index in [1.165, 1.54) is 0 Å². The third-order valence-corrected chi connectivity index (χ3v) is 2.85. The van der Waals surface area contributed by atoms with Crippen LogP contribution in [-0.4, -0.2) is 36.7 Å². The fourth-order valence-corrected chi connectivity index (χ4v) is 1.93. The highest BCUT2D eigenvalue weighted by Crippen LogP contribution is 2.31. The van der Waals surface area contributed by atoms with Gasteiger partial charge in [-0.25, -0.2) is 0 Å². The molecule has 4 nitrogen and oxygen atoms in total. The van der Waals surface area contributed by atoms with E-state index in [-0.39, 0.29) is 0 Å². The summed E-state index contributed by atoms with van der Waals surface area (Å²) in [6.45, 7) is 4.61. The van der Waals surface area contributed by atoms with Gasteiger partial charge in [-0.3, -0.25) is 9.59 Å². The van der Waals surface area contributed by atoms with Crippen molar-refractivity contribution < 1.29 is 14.3 Å². The summed E-state index contributed by atoms with van der Waals surface area (Å²) in [5.41, 5.74) is 1.68. The van der Waals surface area contributed by atoms with Gasteiger partial charge in [0, 0.05) is 18.2 Å². The van der Waals surface area contributed by atoms with Gasteiger partial charge in [-0.15, -0.1) is 0 Å². The van der Waals surface area contributed by atoms with Crippen molar-refractivity contribution in [2.24, 2.45) is 0 Å². The second kappa shape index (κ2) is 3.22. The van der Waals surface area contributed by atoms with Crippen LogP contribution in [0.3, 0.4) is 0 Å². The van der Waals surface area contributed by atoms with E-state index in [4.69, 9.17) is 4.74 Å². The predicted octanol–water partition coefficient (Wildman–Crippen LogP) is 0.648. The van der Waals surface area contributed by atoms with Crippen LogP contribution in [-0.2, 0) is 14.3 Å². The molecule has 1 aliphatic carbocycles. The Morgan fingerprint density at radius 3 is 2.40 bits per heavy atom. The van der Waals surface area contributed by atoms with Gasteiger partial charge in [0.05, 0.1) is 12.2 Å². The van der Waals surface area contributed by atoms with Crippen LogP contribution in [0, 0.1) is 0 Å². The number of rotatable bonds is 0. The Morgan fingerprint density at radius 1 is 1.13 bits per heavy atom. The lowest BCUT2D eigenvalue weighted by molar-refractivity contribution is -0.132. The molecule has 0 N–H and O–H groups in total. The van der Waals surface area contributed by atoms with Crippen molar-refractivity contribution in [2.75, 3.05) is 20.2 Å². The molecule has 0 atom stereocenters. The van der Waals surface area contributed by atoms with E-state index in [9.17, 15) is 9.59 Å². The van der Waals surface area contributed by atoms with Gasteiger partial charge < -0.3 is 9.64 Å². The molecule has 0 bridgehead atoms. The van der Waals surface area contributed by atoms with Crippen LogP contribution in [0.25, 0.3) is 0 Å². The number of carbonyl (C=O) groups is 2. The number of nitrogens with zero attached hydrogens (tertiary/aromatic N) is 1. The number of hydrogen-bond donors (Lipinski definition) is 0. The topological polar surface area (TPSA) is 46.6 Å². The molecule has 0 amide bonds. The van der Waals surface area contributed by atoms with Crippen molar-refractivity contribution in [3.63, 3.8) is 0 Å². The van der Waals surface area contributed by atoms with Gasteiger partial charge in [-0.1, -0.05) is 0 Å². The monoisotopic (exact) mass is 207 g/mol. The fourth-order valence-electron chi connectivity index (χ4n) is 1.93. The molecule has 1 saturated heterocycles. The Bertz CT molecular complexity index is 418. The summed E-state index contributed by atoms with van der Waals surface area (Å²) in [7, 11) is 1.90. The lowest BCUT2D eigenvalue weighted by Gasteiger charge is -2.34. The van der Waals surface area contributed by atoms with E-state index < -0.39 is 11.6 Å². The minimum Gasteiger partial charge on any atom is -0.489 e. The predicted molar refractivity (Wildman–Crippen MR) is 54.0 cm³/mol. The van der Waals surface area contributed by atoms with Crippen LogP contribution in [0.1, 0.15) is 13.8 Å². The number of carbonyl (C=O) groups excluding carboxylic acids is 2. The zero-order chi connectivity index (χ0) is 11.2. The average Bonchev–Trinajstić information content (AvgIpc) is 2.23. The van der Waals surface area contributed by atoms with E-state index in [1.807, 2.05) is 11.9 Å². The van der Waals surface area contributed by atoms with Crippen molar-refractivity contribution in [2.45, 2.75) is 13.8 Å². The molecule has 0 spiro atoms. The number of allylic oxidation sites excluding steroid dienone is 2. The largest absolute Gasteiger partial charge is 0.489 e. The molecule has 0 aromatic rings. The molecule has 4 heteroatoms. The van der Waals surface area contributed by atoms with Crippen molar-refractivity contribution in [1.82, 2.24) is 4.90 Å². The van der Waals surface area contributed by atoms with Gasteiger partial charge >= 0.3 is 0 Å². The van der Waals surface area contributed by atoms with E-state index in [0.717, 1.165) is 12.2 Å². The van der Waals surface area contributed by atoms with Gasteiger partial charge in [0.15, 0.2) is 0 Å². The van der Waals surface area contributed by atoms with Crippen molar-refractivity contribution in [3.8, 4) is 0 Å². The second-order valence-corrected chi connectivity index (χ2v) is 3.86. The Morgan fingerprint density at radius 2 is 1.73 bits per heavy atom. The molecule has 80 valence electrons. The minimum atomic E-state index is -0.443. The zero-order valence-electron chi connectivity index (χ0n) is 9.09. The molecule has 0 aromatic heterocycles. The van der Waals surface area contributed by atoms with Gasteiger partial charge in [-0.05, 0) is 13.8 Å². The Balaban J connectivity index is 2.61. The second-order valence-electron chi connectivity index (χ2n) is 3.86. The average molecular weight is 207 g/mol. The van der Waals surface area contributed by atoms with Crippen LogP contribution in [0.15, 0.2) is 22.6 Å². The first-order valence-corrected chi connectivity index (χ1v) is 4.89. The maximum absolute atomic E-state index is 11.6. The number of likely N-dealkylation sites (N-methyl/N-ethyl adjacent to an activating group) is 1. The number of morpholine rings is 1. The summed E-state index contributed by atoms with van der Waals surface area (Å²) in [5, 5.41) is 0. The lowest BCUT2D eigenvalue weighted by Crippen LogP contribution is -2.37. The van der Waals surface area contributed by atoms with Gasteiger partial charge in [-0.2, -0.15) is 0 Å². The summed E-state index contributed by atoms with van der Waals surface area (Å²) in [6.07, 6.45) is 0. The zero-order valence-corrected chi connectivity index (χ0v) is 9.09. The molecule has 0 radical (unpaired) electrons. The van der Waals surface area contributed by atoms with E-state index >= 15 is 0 Å². The van der Waals surface area contributed by atoms with Gasteiger partial charge in [0.2, 0.25) is 11.6 Å². The first kappa shape index (κ1) is 9.96. The highest BCUT2D eigenvalue weighted by Gasteiger charge is 2.35. The Labute approximate surface area is 88.2 Å². The van der Waals surface area contributed by atoms with E-state index in [1.54, 1.807) is 13.8 Å². The lowest BCUT2D eigenvalue weighted by atomic mass is 9.92. The van der Waals surface area contributed by atoms with E-state index in [2.05, 4.69) is 0 Å². The van der Waals surface area contributed by atoms with Crippen molar-refractivity contribution in [3.05, 3.63) is 22.6 Å². The highest BCUT2D eigenvalue weighted by atomic mass is 16.5. The molecule has 0 saturated carbocycles. The molecule has 15 heavy (non-hydrogen) atoms. The normalized spacial score (nSPS) is 21.9. The van der Waals surface area contributed by atoms with Crippen molar-refractivity contribution >= 4 is 11.6 Å². The van der Waals surface area contributed by atoms with E-state index in [0.29, 0.717) is 23.5 Å².